The molecule has 0 fully saturated rings. The van der Waals surface area contributed by atoms with Crippen LogP contribution >= 0.6 is 35.1 Å². The number of ether oxygens (including phenoxy) is 1. The molecule has 1 heterocycles. The second-order valence-electron chi connectivity index (χ2n) is 4.22. The van der Waals surface area contributed by atoms with Gasteiger partial charge in [0, 0.05) is 23.0 Å². The molecule has 9 heteroatoms. The van der Waals surface area contributed by atoms with E-state index in [2.05, 4.69) is 26.3 Å². The highest BCUT2D eigenvalue weighted by molar-refractivity contribution is 8.00. The van der Waals surface area contributed by atoms with Gasteiger partial charge >= 0.3 is 5.97 Å². The molecule has 0 aliphatic rings. The maximum Gasteiger partial charge on any atom is 0.309 e. The number of carbonyl (C=O) groups excluding carboxylic acids is 2. The van der Waals surface area contributed by atoms with Crippen molar-refractivity contribution < 1.29 is 14.3 Å². The van der Waals surface area contributed by atoms with E-state index in [4.69, 9.17) is 0 Å². The number of nitrogens with one attached hydrogen (secondary N) is 1. The number of hydrogen-bond acceptors (Lipinski definition) is 8. The zero-order chi connectivity index (χ0) is 15.7. The molecular weight excluding hydrogens is 330 g/mol. The van der Waals surface area contributed by atoms with Crippen molar-refractivity contribution in [1.82, 2.24) is 9.36 Å². The third kappa shape index (κ3) is 7.14. The second-order valence-corrected chi connectivity index (χ2v) is 7.06. The molecule has 1 aromatic heterocycles. The SMILES string of the molecule is CCCSc1nsc(NC(=O)CSCC(C)C(=O)OC)n1. The van der Waals surface area contributed by atoms with Gasteiger partial charge in [-0.15, -0.1) is 0 Å². The molecule has 6 nitrogen and oxygen atoms in total. The van der Waals surface area contributed by atoms with Gasteiger partial charge in [0.15, 0.2) is 0 Å². The molecule has 0 saturated heterocycles. The Morgan fingerprint density at radius 3 is 2.90 bits per heavy atom. The number of amides is 1. The van der Waals surface area contributed by atoms with Gasteiger partial charge in [-0.25, -0.2) is 0 Å². The molecule has 1 N–H and O–H groups in total. The molecule has 1 rings (SSSR count). The van der Waals surface area contributed by atoms with Gasteiger partial charge in [-0.2, -0.15) is 21.1 Å². The first-order valence-electron chi connectivity index (χ1n) is 6.48. The van der Waals surface area contributed by atoms with Crippen LogP contribution in [0.5, 0.6) is 0 Å². The van der Waals surface area contributed by atoms with E-state index in [1.165, 1.54) is 30.4 Å². The lowest BCUT2D eigenvalue weighted by atomic mass is 10.2. The third-order valence-corrected chi connectivity index (χ3v) is 5.29. The number of hydrogen-bond donors (Lipinski definition) is 1. The van der Waals surface area contributed by atoms with E-state index < -0.39 is 0 Å². The quantitative estimate of drug-likeness (QED) is 0.542. The summed E-state index contributed by atoms with van der Waals surface area (Å²) in [5, 5.41) is 3.92. The summed E-state index contributed by atoms with van der Waals surface area (Å²) in [6.07, 6.45) is 1.06. The summed E-state index contributed by atoms with van der Waals surface area (Å²) in [6.45, 7) is 3.87. The van der Waals surface area contributed by atoms with E-state index in [-0.39, 0.29) is 23.5 Å². The Morgan fingerprint density at radius 1 is 1.48 bits per heavy atom. The average Bonchev–Trinajstić information content (AvgIpc) is 2.91. The Bertz CT molecular complexity index is 468. The molecule has 0 aromatic carbocycles. The number of aromatic nitrogens is 2. The van der Waals surface area contributed by atoms with Crippen LogP contribution < -0.4 is 5.32 Å². The lowest BCUT2D eigenvalue weighted by Gasteiger charge is -2.07. The average molecular weight is 350 g/mol. The number of thioether (sulfide) groups is 2. The molecule has 1 amide bonds. The lowest BCUT2D eigenvalue weighted by molar-refractivity contribution is -0.144. The fourth-order valence-corrected chi connectivity index (χ4v) is 3.55. The topological polar surface area (TPSA) is 81.2 Å². The summed E-state index contributed by atoms with van der Waals surface area (Å²) in [5.74, 6) is 1.17. The van der Waals surface area contributed by atoms with Crippen molar-refractivity contribution >= 4 is 52.1 Å². The molecule has 1 atom stereocenters. The van der Waals surface area contributed by atoms with Crippen LogP contribution in [0.2, 0.25) is 0 Å². The summed E-state index contributed by atoms with van der Waals surface area (Å²) in [5.41, 5.74) is 0. The zero-order valence-electron chi connectivity index (χ0n) is 12.2. The van der Waals surface area contributed by atoms with E-state index in [1.807, 2.05) is 0 Å². The minimum absolute atomic E-state index is 0.139. The van der Waals surface area contributed by atoms with Crippen molar-refractivity contribution in [3.63, 3.8) is 0 Å². The first-order chi connectivity index (χ1) is 10.1. The van der Waals surface area contributed by atoms with Crippen LogP contribution in [0.15, 0.2) is 5.16 Å². The van der Waals surface area contributed by atoms with Crippen molar-refractivity contribution in [2.75, 3.05) is 29.7 Å². The standard InChI is InChI=1S/C12H19N3O3S3/c1-4-5-20-12-14-11(21-15-12)13-9(16)7-19-6-8(2)10(17)18-3/h8H,4-7H2,1-3H3,(H,13,14,15,16). The van der Waals surface area contributed by atoms with Gasteiger partial charge in [-0.1, -0.05) is 25.6 Å². The van der Waals surface area contributed by atoms with E-state index >= 15 is 0 Å². The minimum Gasteiger partial charge on any atom is -0.469 e. The first-order valence-corrected chi connectivity index (χ1v) is 9.40. The normalized spacial score (nSPS) is 12.0. The predicted molar refractivity (Wildman–Crippen MR) is 88.1 cm³/mol. The molecule has 0 bridgehead atoms. The van der Waals surface area contributed by atoms with Crippen LogP contribution in [-0.2, 0) is 14.3 Å². The van der Waals surface area contributed by atoms with Crippen molar-refractivity contribution in [3.8, 4) is 0 Å². The fraction of sp³-hybridized carbons (Fsp3) is 0.667. The van der Waals surface area contributed by atoms with Gasteiger partial charge in [0.25, 0.3) is 0 Å². The van der Waals surface area contributed by atoms with Gasteiger partial charge in [0.05, 0.1) is 18.8 Å². The van der Waals surface area contributed by atoms with Crippen molar-refractivity contribution in [1.29, 1.82) is 0 Å². The van der Waals surface area contributed by atoms with Gasteiger partial charge < -0.3 is 4.74 Å². The zero-order valence-corrected chi connectivity index (χ0v) is 14.7. The van der Waals surface area contributed by atoms with E-state index in [9.17, 15) is 9.59 Å². The molecule has 0 aliphatic carbocycles. The summed E-state index contributed by atoms with van der Waals surface area (Å²) < 4.78 is 8.79. The van der Waals surface area contributed by atoms with E-state index in [0.717, 1.165) is 12.2 Å². The molecule has 1 unspecified atom stereocenters. The number of methoxy groups -OCH3 is 1. The maximum absolute atomic E-state index is 11.7. The second kappa shape index (κ2) is 10.0. The monoisotopic (exact) mass is 349 g/mol. The van der Waals surface area contributed by atoms with Gasteiger partial charge in [0.2, 0.25) is 16.2 Å². The highest BCUT2D eigenvalue weighted by Gasteiger charge is 2.14. The highest BCUT2D eigenvalue weighted by atomic mass is 32.2. The van der Waals surface area contributed by atoms with E-state index in [1.54, 1.807) is 18.7 Å². The molecule has 21 heavy (non-hydrogen) atoms. The molecule has 0 aliphatic heterocycles. The molecule has 0 radical (unpaired) electrons. The molecule has 0 saturated carbocycles. The third-order valence-electron chi connectivity index (χ3n) is 2.29. The maximum atomic E-state index is 11.7. The van der Waals surface area contributed by atoms with Crippen molar-refractivity contribution in [2.45, 2.75) is 25.4 Å². The van der Waals surface area contributed by atoms with Crippen LogP contribution in [0.3, 0.4) is 0 Å². The van der Waals surface area contributed by atoms with Crippen LogP contribution in [-0.4, -0.2) is 45.6 Å². The van der Waals surface area contributed by atoms with E-state index in [0.29, 0.717) is 16.0 Å². The Hall–Kier alpha value is -0.800. The fourth-order valence-electron chi connectivity index (χ4n) is 1.27. The lowest BCUT2D eigenvalue weighted by Crippen LogP contribution is -2.18. The van der Waals surface area contributed by atoms with Gasteiger partial charge in [-0.3, -0.25) is 14.9 Å². The van der Waals surface area contributed by atoms with Crippen LogP contribution in [0.25, 0.3) is 0 Å². The summed E-state index contributed by atoms with van der Waals surface area (Å²) in [4.78, 5) is 27.2. The molecule has 0 spiro atoms. The predicted octanol–water partition coefficient (Wildman–Crippen LogP) is 2.52. The number of nitrogens with zero attached hydrogens (tertiary/aromatic N) is 2. The summed E-state index contributed by atoms with van der Waals surface area (Å²) >= 11 is 4.15. The number of anilines is 1. The Kier molecular flexibility index (Phi) is 8.70. The summed E-state index contributed by atoms with van der Waals surface area (Å²) in [6, 6.07) is 0. The number of esters is 1. The Balaban J connectivity index is 2.27. The molecule has 118 valence electrons. The minimum atomic E-state index is -0.260. The van der Waals surface area contributed by atoms with Gasteiger partial charge in [0.1, 0.15) is 0 Å². The van der Waals surface area contributed by atoms with Crippen molar-refractivity contribution in [2.24, 2.45) is 5.92 Å². The van der Waals surface area contributed by atoms with Crippen LogP contribution in [0, 0.1) is 5.92 Å². The Morgan fingerprint density at radius 2 is 2.24 bits per heavy atom. The number of carbonyl (C=O) groups is 2. The largest absolute Gasteiger partial charge is 0.469 e. The highest BCUT2D eigenvalue weighted by Crippen LogP contribution is 2.20. The van der Waals surface area contributed by atoms with Crippen LogP contribution in [0.4, 0.5) is 5.13 Å². The Labute approximate surface area is 137 Å². The van der Waals surface area contributed by atoms with Crippen LogP contribution in [0.1, 0.15) is 20.3 Å². The first kappa shape index (κ1) is 18.2. The molecule has 1 aromatic rings. The smallest absolute Gasteiger partial charge is 0.309 e. The van der Waals surface area contributed by atoms with Crippen molar-refractivity contribution in [3.05, 3.63) is 0 Å². The number of rotatable bonds is 9. The van der Waals surface area contributed by atoms with Gasteiger partial charge in [-0.05, 0) is 6.42 Å². The summed E-state index contributed by atoms with van der Waals surface area (Å²) in [7, 11) is 1.36. The molecular formula is C12H19N3O3S3.